The third kappa shape index (κ3) is 2.78. The summed E-state index contributed by atoms with van der Waals surface area (Å²) < 4.78 is 62.4. The topological polar surface area (TPSA) is 30.3 Å². The van der Waals surface area contributed by atoms with E-state index in [0.29, 0.717) is 34.9 Å². The lowest BCUT2D eigenvalue weighted by Gasteiger charge is -2.47. The number of pyridine rings is 1. The summed E-state index contributed by atoms with van der Waals surface area (Å²) in [6, 6.07) is 4.48. The molecule has 3 aromatic rings. The summed E-state index contributed by atoms with van der Waals surface area (Å²) >= 11 is 0. The number of ether oxygens (including phenoxy) is 1. The normalized spacial score (nSPS) is 22.8. The molecule has 5 heterocycles. The number of aromatic nitrogens is 2. The van der Waals surface area contributed by atoms with Crippen LogP contribution in [-0.4, -0.2) is 46.3 Å². The van der Waals surface area contributed by atoms with Crippen LogP contribution < -0.4 is 0 Å². The molecular weight excluding hydrogens is 374 g/mol. The Balaban J connectivity index is 1.64. The van der Waals surface area contributed by atoms with Gasteiger partial charge in [-0.05, 0) is 30.7 Å². The molecule has 4 nitrogen and oxygen atoms in total. The lowest BCUT2D eigenvalue weighted by molar-refractivity contribution is -0.180. The first-order valence-corrected chi connectivity index (χ1v) is 9.33. The van der Waals surface area contributed by atoms with Crippen LogP contribution in [-0.2, 0) is 17.5 Å². The Morgan fingerprint density at radius 2 is 1.86 bits per heavy atom. The summed E-state index contributed by atoms with van der Waals surface area (Å²) in [4.78, 5) is 5.84. The minimum Gasteiger partial charge on any atom is -0.372 e. The van der Waals surface area contributed by atoms with Gasteiger partial charge in [0.15, 0.2) is 5.69 Å². The van der Waals surface area contributed by atoms with Crippen molar-refractivity contribution in [2.24, 2.45) is 0 Å². The van der Waals surface area contributed by atoms with Crippen LogP contribution in [0.3, 0.4) is 0 Å². The Morgan fingerprint density at radius 1 is 1.14 bits per heavy atom. The summed E-state index contributed by atoms with van der Waals surface area (Å²) in [5.74, 6) is -0.426. The van der Waals surface area contributed by atoms with Gasteiger partial charge < -0.3 is 9.30 Å². The first-order chi connectivity index (χ1) is 13.3. The molecule has 0 saturated carbocycles. The molecule has 2 aromatic heterocycles. The first-order valence-electron chi connectivity index (χ1n) is 9.33. The van der Waals surface area contributed by atoms with E-state index >= 15 is 0 Å². The molecule has 3 fully saturated rings. The van der Waals surface area contributed by atoms with Crippen LogP contribution >= 0.6 is 0 Å². The number of piperidine rings is 1. The largest absolute Gasteiger partial charge is 0.435 e. The standard InChI is InChI=1S/C20H19F4N3O/c1-11-6-17-15(8-16(11)21)14-2-3-25-19(20(22,23)24)18(14)27(17)5-4-26-9-12-7-13(10-26)28-12/h2-3,6,8,12-13H,4-5,7,9-10H2,1H3. The minimum absolute atomic E-state index is 0.0217. The van der Waals surface area contributed by atoms with E-state index in [9.17, 15) is 17.6 Å². The van der Waals surface area contributed by atoms with E-state index in [4.69, 9.17) is 4.74 Å². The Kier molecular flexibility index (Phi) is 3.93. The molecule has 6 rings (SSSR count). The van der Waals surface area contributed by atoms with Gasteiger partial charge in [-0.15, -0.1) is 0 Å². The van der Waals surface area contributed by atoms with Crippen LogP contribution in [0, 0.1) is 12.7 Å². The van der Waals surface area contributed by atoms with Crippen LogP contribution in [0.4, 0.5) is 17.6 Å². The third-order valence-electron chi connectivity index (χ3n) is 5.79. The van der Waals surface area contributed by atoms with E-state index in [0.717, 1.165) is 25.7 Å². The maximum Gasteiger partial charge on any atom is 0.435 e. The number of halogens is 4. The number of alkyl halides is 3. The fourth-order valence-corrected chi connectivity index (χ4v) is 4.47. The molecule has 2 unspecified atom stereocenters. The fraction of sp³-hybridized carbons (Fsp3) is 0.450. The zero-order valence-corrected chi connectivity index (χ0v) is 15.3. The molecule has 1 aromatic carbocycles. The summed E-state index contributed by atoms with van der Waals surface area (Å²) in [6.45, 7) is 4.20. The van der Waals surface area contributed by atoms with Gasteiger partial charge in [0.05, 0.1) is 17.7 Å². The number of fused-ring (bicyclic) bond motifs is 5. The number of aryl methyl sites for hydroxylation is 1. The molecule has 0 amide bonds. The minimum atomic E-state index is -4.58. The second-order valence-corrected chi connectivity index (χ2v) is 7.70. The average molecular weight is 393 g/mol. The van der Waals surface area contributed by atoms with Crippen molar-refractivity contribution in [3.63, 3.8) is 0 Å². The van der Waals surface area contributed by atoms with Crippen molar-refractivity contribution in [1.82, 2.24) is 14.5 Å². The molecule has 3 saturated heterocycles. The van der Waals surface area contributed by atoms with Crippen LogP contribution in [0.1, 0.15) is 17.7 Å². The van der Waals surface area contributed by atoms with Crippen molar-refractivity contribution >= 4 is 21.8 Å². The quantitative estimate of drug-likeness (QED) is 0.627. The maximum absolute atomic E-state index is 14.2. The molecule has 2 atom stereocenters. The number of nitrogens with zero attached hydrogens (tertiary/aromatic N) is 3. The van der Waals surface area contributed by atoms with E-state index in [1.54, 1.807) is 17.6 Å². The van der Waals surface area contributed by atoms with Crippen molar-refractivity contribution < 1.29 is 22.3 Å². The Morgan fingerprint density at radius 3 is 2.54 bits per heavy atom. The van der Waals surface area contributed by atoms with Crippen LogP contribution in [0.5, 0.6) is 0 Å². The predicted molar refractivity (Wildman–Crippen MR) is 96.7 cm³/mol. The fourth-order valence-electron chi connectivity index (χ4n) is 4.47. The van der Waals surface area contributed by atoms with Gasteiger partial charge in [0.2, 0.25) is 0 Å². The molecule has 3 aliphatic heterocycles. The smallest absolute Gasteiger partial charge is 0.372 e. The number of rotatable bonds is 3. The van der Waals surface area contributed by atoms with Gasteiger partial charge in [-0.1, -0.05) is 0 Å². The van der Waals surface area contributed by atoms with Crippen LogP contribution in [0.2, 0.25) is 0 Å². The third-order valence-corrected chi connectivity index (χ3v) is 5.79. The molecule has 0 N–H and O–H groups in total. The molecule has 0 spiro atoms. The van der Waals surface area contributed by atoms with Crippen molar-refractivity contribution in [1.29, 1.82) is 0 Å². The van der Waals surface area contributed by atoms with E-state index in [-0.39, 0.29) is 17.7 Å². The van der Waals surface area contributed by atoms with E-state index in [1.165, 1.54) is 12.1 Å². The molecule has 3 aliphatic rings. The van der Waals surface area contributed by atoms with Crippen molar-refractivity contribution in [3.8, 4) is 0 Å². The van der Waals surface area contributed by atoms with E-state index in [1.807, 2.05) is 0 Å². The molecule has 8 heteroatoms. The summed E-state index contributed by atoms with van der Waals surface area (Å²) in [6.07, 6.45) is -1.91. The molecule has 0 radical (unpaired) electrons. The van der Waals surface area contributed by atoms with Gasteiger partial charge in [0.25, 0.3) is 0 Å². The number of hydrogen-bond acceptors (Lipinski definition) is 3. The highest BCUT2D eigenvalue weighted by molar-refractivity contribution is 6.09. The summed E-state index contributed by atoms with van der Waals surface area (Å²) in [7, 11) is 0. The lowest BCUT2D eigenvalue weighted by atomic mass is 9.99. The van der Waals surface area contributed by atoms with E-state index in [2.05, 4.69) is 9.88 Å². The summed E-state index contributed by atoms with van der Waals surface area (Å²) in [5, 5.41) is 0.858. The summed E-state index contributed by atoms with van der Waals surface area (Å²) in [5.41, 5.74) is 0.106. The zero-order valence-electron chi connectivity index (χ0n) is 15.3. The first kappa shape index (κ1) is 17.9. The Bertz CT molecular complexity index is 1060. The van der Waals surface area contributed by atoms with Crippen LogP contribution in [0.15, 0.2) is 24.4 Å². The lowest BCUT2D eigenvalue weighted by Crippen LogP contribution is -2.57. The van der Waals surface area contributed by atoms with Gasteiger partial charge in [-0.25, -0.2) is 9.37 Å². The molecular formula is C20H19F4N3O. The molecule has 148 valence electrons. The van der Waals surface area contributed by atoms with Crippen molar-refractivity contribution in [2.45, 2.75) is 38.3 Å². The van der Waals surface area contributed by atoms with Gasteiger partial charge in [-0.2, -0.15) is 13.2 Å². The average Bonchev–Trinajstić information content (AvgIpc) is 2.92. The van der Waals surface area contributed by atoms with Crippen molar-refractivity contribution in [2.75, 3.05) is 19.6 Å². The Labute approximate surface area is 158 Å². The highest BCUT2D eigenvalue weighted by atomic mass is 19.4. The van der Waals surface area contributed by atoms with Gasteiger partial charge in [0, 0.05) is 55.1 Å². The molecule has 28 heavy (non-hydrogen) atoms. The van der Waals surface area contributed by atoms with Crippen LogP contribution in [0.25, 0.3) is 21.8 Å². The zero-order chi connectivity index (χ0) is 19.6. The van der Waals surface area contributed by atoms with Crippen molar-refractivity contribution in [3.05, 3.63) is 41.5 Å². The highest BCUT2D eigenvalue weighted by Crippen LogP contribution is 2.38. The number of benzene rings is 1. The Hall–Kier alpha value is -2.19. The monoisotopic (exact) mass is 393 g/mol. The van der Waals surface area contributed by atoms with Gasteiger partial charge in [-0.3, -0.25) is 4.90 Å². The highest BCUT2D eigenvalue weighted by Gasteiger charge is 2.39. The van der Waals surface area contributed by atoms with Gasteiger partial charge >= 0.3 is 6.18 Å². The number of hydrogen-bond donors (Lipinski definition) is 0. The maximum atomic E-state index is 14.2. The molecule has 0 aliphatic carbocycles. The van der Waals surface area contributed by atoms with Gasteiger partial charge in [0.1, 0.15) is 5.82 Å². The SMILES string of the molecule is Cc1cc2c(cc1F)c1ccnc(C(F)(F)F)c1n2CCN1CC2CC(C1)O2. The second kappa shape index (κ2) is 6.15. The molecule has 2 bridgehead atoms. The number of morpholine rings is 1. The second-order valence-electron chi connectivity index (χ2n) is 7.70. The predicted octanol–water partition coefficient (Wildman–Crippen LogP) is 4.13. The van der Waals surface area contributed by atoms with E-state index < -0.39 is 17.7 Å².